The van der Waals surface area contributed by atoms with E-state index in [9.17, 15) is 0 Å². The van der Waals surface area contributed by atoms with E-state index < -0.39 is 0 Å². The van der Waals surface area contributed by atoms with Gasteiger partial charge in [-0.1, -0.05) is 19.8 Å². The Balaban J connectivity index is 2.27. The third kappa shape index (κ3) is 7.33. The average Bonchev–Trinajstić information content (AvgIpc) is 2.46. The van der Waals surface area contributed by atoms with Crippen molar-refractivity contribution in [1.29, 1.82) is 0 Å². The zero-order valence-corrected chi connectivity index (χ0v) is 14.8. The number of rotatable bonds is 11. The lowest BCUT2D eigenvalue weighted by molar-refractivity contribution is 0.688. The van der Waals surface area contributed by atoms with Crippen molar-refractivity contribution >= 4 is 39.5 Å². The largest absolute Gasteiger partial charge is 0.369 e. The minimum absolute atomic E-state index is 0.692. The van der Waals surface area contributed by atoms with E-state index in [1.165, 1.54) is 31.4 Å². The zero-order valence-electron chi connectivity index (χ0n) is 12.4. The summed E-state index contributed by atoms with van der Waals surface area (Å²) in [7, 11) is 0. The molecule has 1 aromatic heterocycles. The SMILES string of the molecule is CCCNc1ncc(Br)c(NCCCCCCSC)n1. The first-order valence-electron chi connectivity index (χ1n) is 7.27. The Labute approximate surface area is 135 Å². The van der Waals surface area contributed by atoms with Crippen LogP contribution in [-0.4, -0.2) is 35.1 Å². The maximum Gasteiger partial charge on any atom is 0.224 e. The quantitative estimate of drug-likeness (QED) is 0.572. The number of halogens is 1. The number of hydrogen-bond acceptors (Lipinski definition) is 5. The molecule has 0 amide bonds. The van der Waals surface area contributed by atoms with Crippen molar-refractivity contribution in [3.63, 3.8) is 0 Å². The van der Waals surface area contributed by atoms with Gasteiger partial charge in [0.1, 0.15) is 5.82 Å². The van der Waals surface area contributed by atoms with Crippen molar-refractivity contribution in [2.75, 3.05) is 35.7 Å². The second-order valence-electron chi connectivity index (χ2n) is 4.65. The lowest BCUT2D eigenvalue weighted by atomic mass is 10.2. The van der Waals surface area contributed by atoms with Crippen molar-refractivity contribution in [2.24, 2.45) is 0 Å². The number of nitrogens with zero attached hydrogens (tertiary/aromatic N) is 2. The van der Waals surface area contributed by atoms with Gasteiger partial charge in [0.2, 0.25) is 5.95 Å². The van der Waals surface area contributed by atoms with Crippen LogP contribution < -0.4 is 10.6 Å². The molecule has 0 saturated carbocycles. The maximum absolute atomic E-state index is 4.47. The summed E-state index contributed by atoms with van der Waals surface area (Å²) < 4.78 is 0.918. The highest BCUT2D eigenvalue weighted by atomic mass is 79.9. The van der Waals surface area contributed by atoms with Gasteiger partial charge < -0.3 is 10.6 Å². The number of thioether (sulfide) groups is 1. The molecule has 1 heterocycles. The molecule has 20 heavy (non-hydrogen) atoms. The van der Waals surface area contributed by atoms with E-state index in [-0.39, 0.29) is 0 Å². The first-order chi connectivity index (χ1) is 9.77. The molecule has 0 fully saturated rings. The fourth-order valence-electron chi connectivity index (χ4n) is 1.74. The molecule has 0 aliphatic heterocycles. The summed E-state index contributed by atoms with van der Waals surface area (Å²) in [4.78, 5) is 8.72. The zero-order chi connectivity index (χ0) is 14.6. The standard InChI is InChI=1S/C14H25BrN4S/c1-3-8-17-14-18-11-12(15)13(19-14)16-9-6-4-5-7-10-20-2/h11H,3-10H2,1-2H3,(H2,16,17,18,19). The molecule has 0 aliphatic carbocycles. The molecule has 0 spiro atoms. The summed E-state index contributed by atoms with van der Waals surface area (Å²) in [5.41, 5.74) is 0. The van der Waals surface area contributed by atoms with Crippen LogP contribution in [0.25, 0.3) is 0 Å². The van der Waals surface area contributed by atoms with Crippen LogP contribution in [0.2, 0.25) is 0 Å². The lowest BCUT2D eigenvalue weighted by Gasteiger charge is -2.09. The lowest BCUT2D eigenvalue weighted by Crippen LogP contribution is -2.09. The molecule has 114 valence electrons. The van der Waals surface area contributed by atoms with Gasteiger partial charge in [0.05, 0.1) is 4.47 Å². The predicted octanol–water partition coefficient (Wildman–Crippen LogP) is 4.40. The van der Waals surface area contributed by atoms with Crippen LogP contribution in [-0.2, 0) is 0 Å². The summed E-state index contributed by atoms with van der Waals surface area (Å²) in [6.07, 6.45) is 10.1. The van der Waals surface area contributed by atoms with Crippen LogP contribution in [0.5, 0.6) is 0 Å². The van der Waals surface area contributed by atoms with Crippen LogP contribution in [0, 0.1) is 0 Å². The van der Waals surface area contributed by atoms with Crippen molar-refractivity contribution in [2.45, 2.75) is 39.0 Å². The highest BCUT2D eigenvalue weighted by Crippen LogP contribution is 2.20. The van der Waals surface area contributed by atoms with Crippen molar-refractivity contribution in [3.05, 3.63) is 10.7 Å². The molecule has 0 aromatic carbocycles. The molecule has 0 aliphatic rings. The first kappa shape index (κ1) is 17.6. The van der Waals surface area contributed by atoms with Crippen LogP contribution in [0.4, 0.5) is 11.8 Å². The Bertz CT molecular complexity index is 376. The van der Waals surface area contributed by atoms with E-state index in [0.29, 0.717) is 5.95 Å². The Kier molecular flexibility index (Phi) is 9.83. The van der Waals surface area contributed by atoms with Crippen molar-refractivity contribution < 1.29 is 0 Å². The number of unbranched alkanes of at least 4 members (excludes halogenated alkanes) is 3. The van der Waals surface area contributed by atoms with E-state index in [1.807, 2.05) is 11.8 Å². The predicted molar refractivity (Wildman–Crippen MR) is 93.9 cm³/mol. The van der Waals surface area contributed by atoms with Gasteiger partial charge in [-0.15, -0.1) is 0 Å². The molecule has 0 unspecified atom stereocenters. The second-order valence-corrected chi connectivity index (χ2v) is 6.49. The van der Waals surface area contributed by atoms with E-state index in [2.05, 4.69) is 49.7 Å². The minimum Gasteiger partial charge on any atom is -0.369 e. The molecule has 2 N–H and O–H groups in total. The Morgan fingerprint density at radius 3 is 2.70 bits per heavy atom. The van der Waals surface area contributed by atoms with Crippen LogP contribution >= 0.6 is 27.7 Å². The third-order valence-electron chi connectivity index (χ3n) is 2.84. The summed E-state index contributed by atoms with van der Waals surface area (Å²) in [5.74, 6) is 2.84. The Hall–Kier alpha value is -0.490. The number of anilines is 2. The monoisotopic (exact) mass is 360 g/mol. The molecule has 6 heteroatoms. The molecule has 0 radical (unpaired) electrons. The molecule has 1 aromatic rings. The van der Waals surface area contributed by atoms with Gasteiger partial charge in [-0.05, 0) is 47.2 Å². The van der Waals surface area contributed by atoms with Gasteiger partial charge >= 0.3 is 0 Å². The number of hydrogen-bond donors (Lipinski definition) is 2. The van der Waals surface area contributed by atoms with E-state index in [4.69, 9.17) is 0 Å². The number of aromatic nitrogens is 2. The fourth-order valence-corrected chi connectivity index (χ4v) is 2.57. The highest BCUT2D eigenvalue weighted by molar-refractivity contribution is 9.10. The third-order valence-corrected chi connectivity index (χ3v) is 4.12. The van der Waals surface area contributed by atoms with Crippen LogP contribution in [0.15, 0.2) is 10.7 Å². The molecule has 0 bridgehead atoms. The van der Waals surface area contributed by atoms with Gasteiger partial charge in [-0.3, -0.25) is 0 Å². The highest BCUT2D eigenvalue weighted by Gasteiger charge is 2.03. The van der Waals surface area contributed by atoms with Crippen molar-refractivity contribution in [3.8, 4) is 0 Å². The number of nitrogens with one attached hydrogen (secondary N) is 2. The fraction of sp³-hybridized carbons (Fsp3) is 0.714. The smallest absolute Gasteiger partial charge is 0.224 e. The van der Waals surface area contributed by atoms with Crippen LogP contribution in [0.3, 0.4) is 0 Å². The topological polar surface area (TPSA) is 49.8 Å². The molecule has 1 rings (SSSR count). The second kappa shape index (κ2) is 11.2. The molecule has 4 nitrogen and oxygen atoms in total. The van der Waals surface area contributed by atoms with Crippen molar-refractivity contribution in [1.82, 2.24) is 9.97 Å². The van der Waals surface area contributed by atoms with E-state index >= 15 is 0 Å². The van der Waals surface area contributed by atoms with Gasteiger partial charge in [0.15, 0.2) is 0 Å². The van der Waals surface area contributed by atoms with Gasteiger partial charge in [-0.25, -0.2) is 4.98 Å². The first-order valence-corrected chi connectivity index (χ1v) is 9.45. The summed E-state index contributed by atoms with van der Waals surface area (Å²) in [6.45, 7) is 3.99. The van der Waals surface area contributed by atoms with E-state index in [0.717, 1.165) is 29.8 Å². The summed E-state index contributed by atoms with van der Waals surface area (Å²) in [5, 5.41) is 6.58. The molecular formula is C14H25BrN4S. The average molecular weight is 361 g/mol. The van der Waals surface area contributed by atoms with Gasteiger partial charge in [0, 0.05) is 19.3 Å². The summed E-state index contributed by atoms with van der Waals surface area (Å²) in [6, 6.07) is 0. The molecule has 0 saturated heterocycles. The van der Waals surface area contributed by atoms with Gasteiger partial charge in [0.25, 0.3) is 0 Å². The Morgan fingerprint density at radius 1 is 1.15 bits per heavy atom. The normalized spacial score (nSPS) is 10.6. The summed E-state index contributed by atoms with van der Waals surface area (Å²) >= 11 is 5.41. The molecular weight excluding hydrogens is 336 g/mol. The maximum atomic E-state index is 4.47. The Morgan fingerprint density at radius 2 is 1.95 bits per heavy atom. The minimum atomic E-state index is 0.692. The van der Waals surface area contributed by atoms with Gasteiger partial charge in [-0.2, -0.15) is 16.7 Å². The van der Waals surface area contributed by atoms with E-state index in [1.54, 1.807) is 6.20 Å². The molecule has 0 atom stereocenters. The van der Waals surface area contributed by atoms with Crippen LogP contribution in [0.1, 0.15) is 39.0 Å².